The lowest BCUT2D eigenvalue weighted by Crippen LogP contribution is -2.44. The molecule has 0 aliphatic carbocycles. The van der Waals surface area contributed by atoms with Crippen LogP contribution in [0.5, 0.6) is 5.75 Å². The van der Waals surface area contributed by atoms with Gasteiger partial charge in [0.25, 0.3) is 5.91 Å². The molecule has 1 amide bonds. The van der Waals surface area contributed by atoms with E-state index in [4.69, 9.17) is 15.1 Å². The van der Waals surface area contributed by atoms with E-state index in [-0.39, 0.29) is 17.3 Å². The molecular weight excluding hydrogens is 596 g/mol. The standard InChI is InChI=1S/C25H31BrN12O3/c1-15-21(26)16(2)37(31-15)13-18-11-17(5-6-20(18)40-4)12-28-30-25(39)22-19(14-36-9-7-35(3)8-10-36)38(34-29-22)24-23(27)32-41-33-24/h5-6,11-12H,7-10,13-14H2,1-4H3,(H2,27,32)(H,30,39)/b28-12-. The number of amides is 1. The molecule has 0 spiro atoms. The molecule has 1 aromatic carbocycles. The average molecular weight is 628 g/mol. The number of hydrazone groups is 1. The van der Waals surface area contributed by atoms with Gasteiger partial charge in [-0.05, 0) is 70.9 Å². The quantitative estimate of drug-likeness (QED) is 0.203. The number of nitrogens with one attached hydrogen (secondary N) is 1. The third-order valence-corrected chi connectivity index (χ3v) is 8.09. The summed E-state index contributed by atoms with van der Waals surface area (Å²) in [4.78, 5) is 17.7. The number of hydrogen-bond acceptors (Lipinski definition) is 12. The number of ether oxygens (including phenoxy) is 1. The molecule has 41 heavy (non-hydrogen) atoms. The van der Waals surface area contributed by atoms with Crippen molar-refractivity contribution in [3.8, 4) is 11.6 Å². The lowest BCUT2D eigenvalue weighted by molar-refractivity contribution is 0.0946. The third-order valence-electron chi connectivity index (χ3n) is 6.94. The number of nitrogen functional groups attached to an aromatic ring is 1. The van der Waals surface area contributed by atoms with Crippen LogP contribution >= 0.6 is 15.9 Å². The number of rotatable bonds is 9. The maximum Gasteiger partial charge on any atom is 0.293 e. The highest BCUT2D eigenvalue weighted by molar-refractivity contribution is 9.10. The molecule has 1 aliphatic rings. The second-order valence-electron chi connectivity index (χ2n) is 9.76. The molecule has 16 heteroatoms. The van der Waals surface area contributed by atoms with Gasteiger partial charge >= 0.3 is 0 Å². The fraction of sp³-hybridized carbons (Fsp3) is 0.400. The van der Waals surface area contributed by atoms with Crippen molar-refractivity contribution >= 4 is 33.9 Å². The first-order valence-electron chi connectivity index (χ1n) is 12.9. The molecule has 1 saturated heterocycles. The van der Waals surface area contributed by atoms with Gasteiger partial charge in [-0.1, -0.05) is 5.21 Å². The zero-order valence-corrected chi connectivity index (χ0v) is 24.8. The van der Waals surface area contributed by atoms with E-state index in [0.29, 0.717) is 18.8 Å². The van der Waals surface area contributed by atoms with Crippen molar-refractivity contribution in [2.45, 2.75) is 26.9 Å². The summed E-state index contributed by atoms with van der Waals surface area (Å²) in [5.41, 5.74) is 12.7. The summed E-state index contributed by atoms with van der Waals surface area (Å²) in [5.74, 6) is 0.418. The van der Waals surface area contributed by atoms with Crippen molar-refractivity contribution in [3.05, 3.63) is 56.6 Å². The van der Waals surface area contributed by atoms with E-state index in [1.165, 1.54) is 4.68 Å². The Kier molecular flexibility index (Phi) is 8.41. The monoisotopic (exact) mass is 626 g/mol. The van der Waals surface area contributed by atoms with E-state index in [9.17, 15) is 4.79 Å². The van der Waals surface area contributed by atoms with E-state index in [0.717, 1.165) is 58.9 Å². The van der Waals surface area contributed by atoms with Crippen LogP contribution in [0.25, 0.3) is 5.82 Å². The molecule has 0 radical (unpaired) electrons. The normalized spacial score (nSPS) is 14.7. The van der Waals surface area contributed by atoms with Crippen LogP contribution in [0.1, 0.15) is 38.7 Å². The van der Waals surface area contributed by atoms with Gasteiger partial charge in [-0.25, -0.2) is 10.1 Å². The van der Waals surface area contributed by atoms with Crippen LogP contribution in [0.4, 0.5) is 5.82 Å². The van der Waals surface area contributed by atoms with E-state index in [2.05, 4.69) is 69.0 Å². The highest BCUT2D eigenvalue weighted by atomic mass is 79.9. The van der Waals surface area contributed by atoms with Crippen LogP contribution in [0, 0.1) is 13.8 Å². The summed E-state index contributed by atoms with van der Waals surface area (Å²) in [5, 5.41) is 24.5. The van der Waals surface area contributed by atoms with Crippen LogP contribution in [-0.2, 0) is 13.1 Å². The first kappa shape index (κ1) is 28.4. The number of piperazine rings is 1. The Morgan fingerprint density at radius 3 is 2.66 bits per heavy atom. The molecule has 216 valence electrons. The Hall–Kier alpha value is -4.15. The number of nitrogens with two attached hydrogens (primary N) is 1. The summed E-state index contributed by atoms with van der Waals surface area (Å²) in [6.45, 7) is 8.31. The van der Waals surface area contributed by atoms with Crippen LogP contribution in [0.3, 0.4) is 0 Å². The van der Waals surface area contributed by atoms with Crippen LogP contribution in [-0.4, -0.2) is 97.3 Å². The smallest absolute Gasteiger partial charge is 0.293 e. The summed E-state index contributed by atoms with van der Waals surface area (Å²) in [6, 6.07) is 5.65. The highest BCUT2D eigenvalue weighted by Crippen LogP contribution is 2.25. The molecule has 0 atom stereocenters. The lowest BCUT2D eigenvalue weighted by Gasteiger charge is -2.32. The lowest BCUT2D eigenvalue weighted by atomic mass is 10.1. The second kappa shape index (κ2) is 12.2. The Morgan fingerprint density at radius 2 is 2.00 bits per heavy atom. The van der Waals surface area contributed by atoms with Gasteiger partial charge < -0.3 is 15.4 Å². The van der Waals surface area contributed by atoms with E-state index in [1.807, 2.05) is 36.7 Å². The van der Waals surface area contributed by atoms with Crippen molar-refractivity contribution in [1.29, 1.82) is 0 Å². The molecular formula is C25H31BrN12O3. The zero-order valence-electron chi connectivity index (χ0n) is 23.2. The Balaban J connectivity index is 1.34. The fourth-order valence-electron chi connectivity index (χ4n) is 4.56. The minimum atomic E-state index is -0.520. The van der Waals surface area contributed by atoms with Crippen molar-refractivity contribution in [2.24, 2.45) is 5.10 Å². The number of carbonyl (C=O) groups is 1. The SMILES string of the molecule is COc1ccc(/C=N\NC(=O)c2nnn(-c3nonc3N)c2CN2CCN(C)CC2)cc1Cn1nc(C)c(Br)c1C. The van der Waals surface area contributed by atoms with Crippen LogP contribution in [0.15, 0.2) is 32.4 Å². The number of carbonyl (C=O) groups excluding carboxylic acids is 1. The number of methoxy groups -OCH3 is 1. The topological polar surface area (TPSA) is 171 Å². The number of anilines is 1. The van der Waals surface area contributed by atoms with Gasteiger partial charge in [0.1, 0.15) is 5.75 Å². The van der Waals surface area contributed by atoms with Crippen molar-refractivity contribution in [3.63, 3.8) is 0 Å². The molecule has 1 fully saturated rings. The Morgan fingerprint density at radius 1 is 1.22 bits per heavy atom. The number of likely N-dealkylation sites (N-methyl/N-ethyl adjacent to an activating group) is 1. The first-order valence-corrected chi connectivity index (χ1v) is 13.7. The molecule has 0 bridgehead atoms. The Bertz CT molecular complexity index is 1570. The summed E-state index contributed by atoms with van der Waals surface area (Å²) < 4.78 is 14.6. The molecule has 0 unspecified atom stereocenters. The molecule has 5 rings (SSSR count). The summed E-state index contributed by atoms with van der Waals surface area (Å²) >= 11 is 3.57. The first-order chi connectivity index (χ1) is 19.7. The largest absolute Gasteiger partial charge is 0.496 e. The van der Waals surface area contributed by atoms with Crippen molar-refractivity contribution < 1.29 is 14.2 Å². The maximum absolute atomic E-state index is 13.2. The minimum absolute atomic E-state index is 0.0441. The van der Waals surface area contributed by atoms with Gasteiger partial charge in [0.05, 0.1) is 41.4 Å². The van der Waals surface area contributed by atoms with Gasteiger partial charge in [0, 0.05) is 38.3 Å². The number of hydrogen-bond donors (Lipinski definition) is 2. The number of aryl methyl sites for hydroxylation is 1. The predicted octanol–water partition coefficient (Wildman–Crippen LogP) is 1.38. The van der Waals surface area contributed by atoms with E-state index >= 15 is 0 Å². The van der Waals surface area contributed by atoms with Gasteiger partial charge in [0.2, 0.25) is 11.6 Å². The maximum atomic E-state index is 13.2. The summed E-state index contributed by atoms with van der Waals surface area (Å²) in [7, 11) is 3.70. The molecule has 3 N–H and O–H groups in total. The minimum Gasteiger partial charge on any atom is -0.496 e. The van der Waals surface area contributed by atoms with Crippen LogP contribution in [0.2, 0.25) is 0 Å². The average Bonchev–Trinajstić information content (AvgIpc) is 3.64. The van der Waals surface area contributed by atoms with Crippen LogP contribution < -0.4 is 15.9 Å². The van der Waals surface area contributed by atoms with Crippen molar-refractivity contribution in [1.82, 2.24) is 50.3 Å². The van der Waals surface area contributed by atoms with Gasteiger partial charge in [0.15, 0.2) is 5.69 Å². The van der Waals surface area contributed by atoms with E-state index in [1.54, 1.807) is 13.3 Å². The summed E-state index contributed by atoms with van der Waals surface area (Å²) in [6.07, 6.45) is 1.56. The number of nitrogens with zero attached hydrogens (tertiary/aromatic N) is 10. The molecule has 15 nitrogen and oxygen atoms in total. The third kappa shape index (κ3) is 6.13. The van der Waals surface area contributed by atoms with Gasteiger partial charge in [-0.15, -0.1) is 5.10 Å². The predicted molar refractivity (Wildman–Crippen MR) is 153 cm³/mol. The van der Waals surface area contributed by atoms with Gasteiger partial charge in [-0.3, -0.25) is 14.4 Å². The molecule has 1 aliphatic heterocycles. The molecule has 0 saturated carbocycles. The zero-order chi connectivity index (χ0) is 29.1. The van der Waals surface area contributed by atoms with Crippen molar-refractivity contribution in [2.75, 3.05) is 46.1 Å². The highest BCUT2D eigenvalue weighted by Gasteiger charge is 2.26. The number of benzene rings is 1. The van der Waals surface area contributed by atoms with E-state index < -0.39 is 5.91 Å². The Labute approximate surface area is 244 Å². The van der Waals surface area contributed by atoms with Gasteiger partial charge in [-0.2, -0.15) is 14.9 Å². The fourth-order valence-corrected chi connectivity index (χ4v) is 4.84. The molecule has 3 aromatic heterocycles. The number of aromatic nitrogens is 7. The molecule has 4 heterocycles. The molecule has 4 aromatic rings. The second-order valence-corrected chi connectivity index (χ2v) is 10.6. The number of halogens is 1.